The maximum atomic E-state index is 11.8. The monoisotopic (exact) mass is 275 g/mol. The molecule has 0 saturated carbocycles. The van der Waals surface area contributed by atoms with Crippen molar-refractivity contribution < 1.29 is 4.79 Å². The lowest BCUT2D eigenvalue weighted by Gasteiger charge is -2.19. The molecule has 3 N–H and O–H groups in total. The van der Waals surface area contributed by atoms with Gasteiger partial charge in [-0.15, -0.1) is 0 Å². The number of rotatable bonds is 5. The van der Waals surface area contributed by atoms with Crippen LogP contribution in [0.3, 0.4) is 0 Å². The first-order chi connectivity index (χ1) is 9.74. The Morgan fingerprint density at radius 1 is 1.10 bits per heavy atom. The Morgan fingerprint density at radius 3 is 2.40 bits per heavy atom. The fraction of sp³-hybridized carbons (Fsp3) is 0.562. The number of nitrogens with two attached hydrogens (primary N) is 1. The highest BCUT2D eigenvalue weighted by Gasteiger charge is 2.09. The molecule has 1 fully saturated rings. The Bertz CT molecular complexity index is 408. The van der Waals surface area contributed by atoms with Crippen LogP contribution in [-0.4, -0.2) is 37.0 Å². The SMILES string of the molecule is Nc1ccc(CC(=O)NCCN2CCCCCC2)cc1. The first-order valence-electron chi connectivity index (χ1n) is 7.57. The zero-order valence-corrected chi connectivity index (χ0v) is 12.1. The molecule has 0 aromatic heterocycles. The zero-order chi connectivity index (χ0) is 14.2. The van der Waals surface area contributed by atoms with Crippen LogP contribution in [0.2, 0.25) is 0 Å². The van der Waals surface area contributed by atoms with E-state index >= 15 is 0 Å². The number of nitrogens with one attached hydrogen (secondary N) is 1. The lowest BCUT2D eigenvalue weighted by molar-refractivity contribution is -0.120. The third-order valence-corrected chi connectivity index (χ3v) is 3.79. The number of carbonyl (C=O) groups excluding carboxylic acids is 1. The van der Waals surface area contributed by atoms with Crippen molar-refractivity contribution in [1.29, 1.82) is 0 Å². The van der Waals surface area contributed by atoms with Crippen molar-refractivity contribution in [1.82, 2.24) is 10.2 Å². The van der Waals surface area contributed by atoms with Gasteiger partial charge in [-0.1, -0.05) is 25.0 Å². The highest BCUT2D eigenvalue weighted by Crippen LogP contribution is 2.09. The second-order valence-electron chi connectivity index (χ2n) is 5.52. The summed E-state index contributed by atoms with van der Waals surface area (Å²) in [6.07, 6.45) is 5.71. The standard InChI is InChI=1S/C16H25N3O/c17-15-7-5-14(6-8-15)13-16(20)18-9-12-19-10-3-1-2-4-11-19/h5-8H,1-4,9-13,17H2,(H,18,20). The van der Waals surface area contributed by atoms with Gasteiger partial charge in [-0.25, -0.2) is 0 Å². The molecule has 0 aliphatic carbocycles. The first-order valence-corrected chi connectivity index (χ1v) is 7.57. The van der Waals surface area contributed by atoms with Crippen LogP contribution in [0.4, 0.5) is 5.69 Å². The van der Waals surface area contributed by atoms with Crippen molar-refractivity contribution in [2.45, 2.75) is 32.1 Å². The molecule has 1 heterocycles. The van der Waals surface area contributed by atoms with E-state index in [4.69, 9.17) is 5.73 Å². The van der Waals surface area contributed by atoms with Crippen molar-refractivity contribution in [2.75, 3.05) is 31.9 Å². The summed E-state index contributed by atoms with van der Waals surface area (Å²) in [5, 5.41) is 3.00. The number of nitrogens with zero attached hydrogens (tertiary/aromatic N) is 1. The predicted molar refractivity (Wildman–Crippen MR) is 82.5 cm³/mol. The average molecular weight is 275 g/mol. The van der Waals surface area contributed by atoms with Crippen LogP contribution in [0, 0.1) is 0 Å². The first kappa shape index (κ1) is 14.9. The predicted octanol–water partition coefficient (Wildman–Crippen LogP) is 1.80. The summed E-state index contributed by atoms with van der Waals surface area (Å²) in [4.78, 5) is 14.3. The minimum atomic E-state index is 0.0876. The number of nitrogen functional groups attached to an aromatic ring is 1. The van der Waals surface area contributed by atoms with Crippen molar-refractivity contribution in [3.63, 3.8) is 0 Å². The third-order valence-electron chi connectivity index (χ3n) is 3.79. The minimum absolute atomic E-state index is 0.0876. The summed E-state index contributed by atoms with van der Waals surface area (Å²) in [6, 6.07) is 7.48. The Balaban J connectivity index is 1.65. The lowest BCUT2D eigenvalue weighted by atomic mass is 10.1. The fourth-order valence-electron chi connectivity index (χ4n) is 2.60. The number of carbonyl (C=O) groups is 1. The molecule has 4 nitrogen and oxygen atoms in total. The van der Waals surface area contributed by atoms with E-state index in [-0.39, 0.29) is 5.91 Å². The molecule has 0 bridgehead atoms. The van der Waals surface area contributed by atoms with Gasteiger partial charge < -0.3 is 16.0 Å². The highest BCUT2D eigenvalue weighted by atomic mass is 16.1. The summed E-state index contributed by atoms with van der Waals surface area (Å²) < 4.78 is 0. The van der Waals surface area contributed by atoms with Gasteiger partial charge in [0.2, 0.25) is 5.91 Å². The highest BCUT2D eigenvalue weighted by molar-refractivity contribution is 5.78. The second kappa shape index (κ2) is 7.90. The number of hydrogen-bond donors (Lipinski definition) is 2. The van der Waals surface area contributed by atoms with Crippen LogP contribution in [0.5, 0.6) is 0 Å². The Morgan fingerprint density at radius 2 is 1.75 bits per heavy atom. The molecule has 0 unspecified atom stereocenters. The molecule has 20 heavy (non-hydrogen) atoms. The smallest absolute Gasteiger partial charge is 0.224 e. The molecule has 1 aliphatic rings. The van der Waals surface area contributed by atoms with Crippen molar-refractivity contribution in [2.24, 2.45) is 0 Å². The molecule has 1 aliphatic heterocycles. The van der Waals surface area contributed by atoms with Gasteiger partial charge in [-0.2, -0.15) is 0 Å². The molecule has 1 aromatic rings. The molecule has 110 valence electrons. The summed E-state index contributed by atoms with van der Waals surface area (Å²) in [6.45, 7) is 4.06. The van der Waals surface area contributed by atoms with E-state index in [9.17, 15) is 4.79 Å². The molecular weight excluding hydrogens is 250 g/mol. The molecule has 0 spiro atoms. The van der Waals surface area contributed by atoms with Gasteiger partial charge in [-0.05, 0) is 43.6 Å². The largest absolute Gasteiger partial charge is 0.399 e. The van der Waals surface area contributed by atoms with Gasteiger partial charge in [0.15, 0.2) is 0 Å². The molecule has 0 atom stereocenters. The number of benzene rings is 1. The van der Waals surface area contributed by atoms with Gasteiger partial charge >= 0.3 is 0 Å². The molecule has 1 amide bonds. The third kappa shape index (κ3) is 5.21. The Hall–Kier alpha value is -1.55. The van der Waals surface area contributed by atoms with E-state index in [2.05, 4.69) is 10.2 Å². The molecule has 0 radical (unpaired) electrons. The number of anilines is 1. The minimum Gasteiger partial charge on any atom is -0.399 e. The summed E-state index contributed by atoms with van der Waals surface area (Å²) in [7, 11) is 0. The van der Waals surface area contributed by atoms with E-state index in [1.54, 1.807) is 0 Å². The lowest BCUT2D eigenvalue weighted by Crippen LogP contribution is -2.36. The van der Waals surface area contributed by atoms with E-state index in [0.29, 0.717) is 6.42 Å². The number of amides is 1. The van der Waals surface area contributed by atoms with Crippen LogP contribution in [0.25, 0.3) is 0 Å². The fourth-order valence-corrected chi connectivity index (χ4v) is 2.60. The second-order valence-corrected chi connectivity index (χ2v) is 5.52. The van der Waals surface area contributed by atoms with Gasteiger partial charge in [0.25, 0.3) is 0 Å². The van der Waals surface area contributed by atoms with Crippen LogP contribution < -0.4 is 11.1 Å². The Kier molecular flexibility index (Phi) is 5.87. The molecule has 1 saturated heterocycles. The van der Waals surface area contributed by atoms with Crippen LogP contribution in [0.15, 0.2) is 24.3 Å². The van der Waals surface area contributed by atoms with Crippen LogP contribution >= 0.6 is 0 Å². The summed E-state index contributed by atoms with van der Waals surface area (Å²) >= 11 is 0. The van der Waals surface area contributed by atoms with E-state index in [0.717, 1.165) is 24.3 Å². The van der Waals surface area contributed by atoms with Crippen molar-refractivity contribution in [3.8, 4) is 0 Å². The van der Waals surface area contributed by atoms with Crippen molar-refractivity contribution >= 4 is 11.6 Å². The topological polar surface area (TPSA) is 58.4 Å². The van der Waals surface area contributed by atoms with Crippen LogP contribution in [0.1, 0.15) is 31.2 Å². The van der Waals surface area contributed by atoms with Crippen LogP contribution in [-0.2, 0) is 11.2 Å². The van der Waals surface area contributed by atoms with Gasteiger partial charge in [-0.3, -0.25) is 4.79 Å². The van der Waals surface area contributed by atoms with Gasteiger partial charge in [0, 0.05) is 18.8 Å². The Labute approximate surface area is 121 Å². The van der Waals surface area contributed by atoms with E-state index < -0.39 is 0 Å². The molecule has 1 aromatic carbocycles. The molecule has 2 rings (SSSR count). The maximum absolute atomic E-state index is 11.8. The van der Waals surface area contributed by atoms with E-state index in [1.807, 2.05) is 24.3 Å². The summed E-state index contributed by atoms with van der Waals surface area (Å²) in [5.74, 6) is 0.0876. The number of hydrogen-bond acceptors (Lipinski definition) is 3. The van der Waals surface area contributed by atoms with E-state index in [1.165, 1.54) is 38.8 Å². The summed E-state index contributed by atoms with van der Waals surface area (Å²) in [5.41, 5.74) is 7.36. The maximum Gasteiger partial charge on any atom is 0.224 e. The normalized spacial score (nSPS) is 16.6. The zero-order valence-electron chi connectivity index (χ0n) is 12.1. The average Bonchev–Trinajstić information content (AvgIpc) is 2.70. The molecular formula is C16H25N3O. The van der Waals surface area contributed by atoms with Crippen molar-refractivity contribution in [3.05, 3.63) is 29.8 Å². The quantitative estimate of drug-likeness (QED) is 0.806. The molecule has 4 heteroatoms. The van der Waals surface area contributed by atoms with Gasteiger partial charge in [0.1, 0.15) is 0 Å². The number of likely N-dealkylation sites (tertiary alicyclic amines) is 1. The van der Waals surface area contributed by atoms with Gasteiger partial charge in [0.05, 0.1) is 6.42 Å².